The second-order valence-corrected chi connectivity index (χ2v) is 12.6. The number of hydrogen-bond acceptors (Lipinski definition) is 7. The number of benzene rings is 2. The molecule has 10 nitrogen and oxygen atoms in total. The molecule has 41 heavy (non-hydrogen) atoms. The maximum absolute atomic E-state index is 13.4. The van der Waals surface area contributed by atoms with Crippen molar-refractivity contribution in [2.75, 3.05) is 53.1 Å². The molecule has 0 saturated carbocycles. The minimum Gasteiger partial charge on any atom is -0.454 e. The average molecular weight is 587 g/mol. The standard InChI is InChI=1S/C30H42N4O6S/c1-4-13-32(14-5-6-15-33-16-8-17-34(21-29(33)35)30(36)31-3)23(2)18-24-9-7-10-25(19-24)41(37,38)26-11-12-27-28(20-26)40-22-39-27/h7,9-12,19-20,23H,4-6,8,13-18,21-22H2,1-3H3,(H,31,36). The maximum Gasteiger partial charge on any atom is 0.317 e. The first kappa shape index (κ1) is 30.6. The fourth-order valence-corrected chi connectivity index (χ4v) is 6.78. The van der Waals surface area contributed by atoms with Gasteiger partial charge in [-0.05, 0) is 81.9 Å². The van der Waals surface area contributed by atoms with E-state index in [1.807, 2.05) is 11.0 Å². The Labute approximate surface area is 243 Å². The van der Waals surface area contributed by atoms with Crippen LogP contribution in [0.15, 0.2) is 52.3 Å². The van der Waals surface area contributed by atoms with Crippen LogP contribution in [0.2, 0.25) is 0 Å². The van der Waals surface area contributed by atoms with Crippen molar-refractivity contribution >= 4 is 21.8 Å². The zero-order valence-corrected chi connectivity index (χ0v) is 25.1. The molecule has 0 aliphatic carbocycles. The number of nitrogens with one attached hydrogen (secondary N) is 1. The van der Waals surface area contributed by atoms with Gasteiger partial charge in [0.15, 0.2) is 11.5 Å². The van der Waals surface area contributed by atoms with Crippen LogP contribution in [0.3, 0.4) is 0 Å². The normalized spacial score (nSPS) is 16.1. The van der Waals surface area contributed by atoms with Gasteiger partial charge in [-0.25, -0.2) is 13.2 Å². The highest BCUT2D eigenvalue weighted by atomic mass is 32.2. The van der Waals surface area contributed by atoms with E-state index >= 15 is 0 Å². The van der Waals surface area contributed by atoms with E-state index in [0.717, 1.165) is 50.8 Å². The number of urea groups is 1. The zero-order chi connectivity index (χ0) is 29.4. The maximum atomic E-state index is 13.4. The van der Waals surface area contributed by atoms with Crippen LogP contribution in [0.25, 0.3) is 0 Å². The highest BCUT2D eigenvalue weighted by Crippen LogP contribution is 2.35. The van der Waals surface area contributed by atoms with Crippen LogP contribution in [-0.2, 0) is 21.1 Å². The number of carbonyl (C=O) groups is 2. The molecule has 224 valence electrons. The SMILES string of the molecule is CCCN(CCCCN1CCCN(C(=O)NC)CC1=O)C(C)Cc1cccc(S(=O)(=O)c2ccc3c(c2)OCO3)c1. The predicted molar refractivity (Wildman–Crippen MR) is 156 cm³/mol. The summed E-state index contributed by atoms with van der Waals surface area (Å²) in [5, 5.41) is 2.60. The van der Waals surface area contributed by atoms with Gasteiger partial charge in [0, 0.05) is 38.8 Å². The van der Waals surface area contributed by atoms with Crippen LogP contribution in [0.5, 0.6) is 11.5 Å². The number of sulfone groups is 1. The first-order valence-electron chi connectivity index (χ1n) is 14.4. The van der Waals surface area contributed by atoms with E-state index < -0.39 is 9.84 Å². The van der Waals surface area contributed by atoms with E-state index in [1.165, 1.54) is 6.07 Å². The second-order valence-electron chi connectivity index (χ2n) is 10.7. The third-order valence-electron chi connectivity index (χ3n) is 7.69. The summed E-state index contributed by atoms with van der Waals surface area (Å²) in [4.78, 5) is 30.9. The fourth-order valence-electron chi connectivity index (χ4n) is 5.43. The number of ether oxygens (including phenoxy) is 2. The largest absolute Gasteiger partial charge is 0.454 e. The quantitative estimate of drug-likeness (QED) is 0.379. The number of carbonyl (C=O) groups excluding carboxylic acids is 2. The van der Waals surface area contributed by atoms with Crippen molar-refractivity contribution in [3.8, 4) is 11.5 Å². The minimum atomic E-state index is -3.70. The molecule has 11 heteroatoms. The van der Waals surface area contributed by atoms with Gasteiger partial charge in [-0.2, -0.15) is 0 Å². The predicted octanol–water partition coefficient (Wildman–Crippen LogP) is 3.55. The van der Waals surface area contributed by atoms with Gasteiger partial charge in [-0.1, -0.05) is 19.1 Å². The van der Waals surface area contributed by atoms with Gasteiger partial charge in [-0.15, -0.1) is 0 Å². The van der Waals surface area contributed by atoms with Gasteiger partial charge in [-0.3, -0.25) is 4.79 Å². The van der Waals surface area contributed by atoms with Gasteiger partial charge in [0.1, 0.15) is 6.54 Å². The highest BCUT2D eigenvalue weighted by molar-refractivity contribution is 7.91. The van der Waals surface area contributed by atoms with Crippen LogP contribution >= 0.6 is 0 Å². The van der Waals surface area contributed by atoms with Crippen molar-refractivity contribution in [1.29, 1.82) is 0 Å². The third-order valence-corrected chi connectivity index (χ3v) is 9.44. The fraction of sp³-hybridized carbons (Fsp3) is 0.533. The second kappa shape index (κ2) is 14.0. The number of amides is 3. The van der Waals surface area contributed by atoms with E-state index in [0.29, 0.717) is 31.1 Å². The highest BCUT2D eigenvalue weighted by Gasteiger charge is 2.25. The van der Waals surface area contributed by atoms with Gasteiger partial charge >= 0.3 is 6.03 Å². The topological polar surface area (TPSA) is 108 Å². The summed E-state index contributed by atoms with van der Waals surface area (Å²) in [5.41, 5.74) is 0.969. The molecule has 2 heterocycles. The number of fused-ring (bicyclic) bond motifs is 1. The molecule has 4 rings (SSSR count). The monoisotopic (exact) mass is 586 g/mol. The molecule has 1 N–H and O–H groups in total. The Kier molecular flexibility index (Phi) is 10.5. The van der Waals surface area contributed by atoms with Crippen LogP contribution in [0.1, 0.15) is 45.1 Å². The molecule has 0 bridgehead atoms. The first-order chi connectivity index (χ1) is 19.7. The van der Waals surface area contributed by atoms with Gasteiger partial charge in [0.25, 0.3) is 0 Å². The molecular weight excluding hydrogens is 544 g/mol. The molecule has 3 amide bonds. The van der Waals surface area contributed by atoms with Crippen LogP contribution in [-0.4, -0.2) is 94.2 Å². The summed E-state index contributed by atoms with van der Waals surface area (Å²) >= 11 is 0. The average Bonchev–Trinajstić information content (AvgIpc) is 3.36. The van der Waals surface area contributed by atoms with Crippen molar-refractivity contribution < 1.29 is 27.5 Å². The number of nitrogens with zero attached hydrogens (tertiary/aromatic N) is 3. The smallest absolute Gasteiger partial charge is 0.317 e. The third kappa shape index (κ3) is 7.71. The molecule has 2 aromatic carbocycles. The minimum absolute atomic E-state index is 0.000430. The Morgan fingerprint density at radius 3 is 2.61 bits per heavy atom. The molecular formula is C30H42N4O6S. The molecule has 2 aliphatic heterocycles. The Morgan fingerprint density at radius 1 is 1.05 bits per heavy atom. The van der Waals surface area contributed by atoms with E-state index in [-0.39, 0.29) is 41.1 Å². The molecule has 0 spiro atoms. The van der Waals surface area contributed by atoms with Crippen molar-refractivity contribution in [2.24, 2.45) is 0 Å². The summed E-state index contributed by atoms with van der Waals surface area (Å²) in [6.07, 6.45) is 4.36. The molecule has 2 aliphatic rings. The van der Waals surface area contributed by atoms with Crippen molar-refractivity contribution in [2.45, 2.75) is 61.8 Å². The Balaban J connectivity index is 1.32. The van der Waals surface area contributed by atoms with Gasteiger partial charge in [0.2, 0.25) is 22.5 Å². The summed E-state index contributed by atoms with van der Waals surface area (Å²) in [5.74, 6) is 0.992. The molecule has 1 unspecified atom stereocenters. The van der Waals surface area contributed by atoms with Gasteiger partial charge in [0.05, 0.1) is 9.79 Å². The summed E-state index contributed by atoms with van der Waals surface area (Å²) < 4.78 is 37.4. The first-order valence-corrected chi connectivity index (χ1v) is 15.9. The van der Waals surface area contributed by atoms with Crippen molar-refractivity contribution in [1.82, 2.24) is 20.0 Å². The molecule has 2 aromatic rings. The van der Waals surface area contributed by atoms with E-state index in [1.54, 1.807) is 42.3 Å². The zero-order valence-electron chi connectivity index (χ0n) is 24.3. The van der Waals surface area contributed by atoms with Crippen LogP contribution in [0, 0.1) is 0 Å². The molecule has 1 fully saturated rings. The Hall–Kier alpha value is -3.31. The molecule has 1 atom stereocenters. The van der Waals surface area contributed by atoms with Crippen molar-refractivity contribution in [3.63, 3.8) is 0 Å². The Bertz CT molecular complexity index is 1320. The van der Waals surface area contributed by atoms with E-state index in [4.69, 9.17) is 9.47 Å². The Morgan fingerprint density at radius 2 is 1.83 bits per heavy atom. The lowest BCUT2D eigenvalue weighted by atomic mass is 10.1. The number of unbranched alkanes of at least 4 members (excludes halogenated alkanes) is 1. The van der Waals surface area contributed by atoms with Crippen LogP contribution in [0.4, 0.5) is 4.79 Å². The lowest BCUT2D eigenvalue weighted by molar-refractivity contribution is -0.130. The molecule has 1 saturated heterocycles. The summed E-state index contributed by atoms with van der Waals surface area (Å²) in [7, 11) is -2.12. The van der Waals surface area contributed by atoms with E-state index in [9.17, 15) is 18.0 Å². The lowest BCUT2D eigenvalue weighted by Crippen LogP contribution is -2.43. The lowest BCUT2D eigenvalue weighted by Gasteiger charge is -2.29. The van der Waals surface area contributed by atoms with Crippen LogP contribution < -0.4 is 14.8 Å². The number of hydrogen-bond donors (Lipinski definition) is 1. The molecule has 0 aromatic heterocycles. The summed E-state index contributed by atoms with van der Waals surface area (Å²) in [6, 6.07) is 11.9. The molecule has 0 radical (unpaired) electrons. The van der Waals surface area contributed by atoms with E-state index in [2.05, 4.69) is 24.1 Å². The summed E-state index contributed by atoms with van der Waals surface area (Å²) in [6.45, 7) is 8.35. The number of rotatable bonds is 12. The van der Waals surface area contributed by atoms with Gasteiger partial charge < -0.3 is 29.5 Å². The van der Waals surface area contributed by atoms with Crippen molar-refractivity contribution in [3.05, 3.63) is 48.0 Å².